The van der Waals surface area contributed by atoms with Gasteiger partial charge in [-0.25, -0.2) is 0 Å². The standard InChI is InChI=1S/C11H13ClO/c12-10-5-1-8(2-6-10)7-11(13)9-3-4-9/h1-2,5-6,9,11,13H,3-4,7H2. The van der Waals surface area contributed by atoms with E-state index in [4.69, 9.17) is 11.6 Å². The summed E-state index contributed by atoms with van der Waals surface area (Å²) >= 11 is 5.76. The zero-order valence-corrected chi connectivity index (χ0v) is 8.17. The summed E-state index contributed by atoms with van der Waals surface area (Å²) in [5, 5.41) is 10.4. The maximum atomic E-state index is 9.68. The SMILES string of the molecule is OC(Cc1ccc(Cl)cc1)C1CC1. The second-order valence-electron chi connectivity index (χ2n) is 3.74. The second-order valence-corrected chi connectivity index (χ2v) is 4.17. The molecule has 2 rings (SSSR count). The number of hydrogen-bond donors (Lipinski definition) is 1. The molecule has 0 amide bonds. The number of aliphatic hydroxyl groups is 1. The van der Waals surface area contributed by atoms with Gasteiger partial charge in [-0.1, -0.05) is 23.7 Å². The van der Waals surface area contributed by atoms with Crippen LogP contribution in [0.15, 0.2) is 24.3 Å². The third-order valence-electron chi connectivity index (χ3n) is 2.52. The summed E-state index contributed by atoms with van der Waals surface area (Å²) in [6, 6.07) is 7.70. The van der Waals surface area contributed by atoms with E-state index in [9.17, 15) is 5.11 Å². The quantitative estimate of drug-likeness (QED) is 0.788. The van der Waals surface area contributed by atoms with Gasteiger partial charge >= 0.3 is 0 Å². The summed E-state index contributed by atoms with van der Waals surface area (Å²) < 4.78 is 0. The fraction of sp³-hybridized carbons (Fsp3) is 0.455. The molecule has 1 saturated carbocycles. The molecule has 0 heterocycles. The molecule has 1 aromatic rings. The van der Waals surface area contributed by atoms with Gasteiger partial charge in [-0.2, -0.15) is 0 Å². The van der Waals surface area contributed by atoms with E-state index in [1.54, 1.807) is 0 Å². The van der Waals surface area contributed by atoms with Crippen molar-refractivity contribution in [2.45, 2.75) is 25.4 Å². The van der Waals surface area contributed by atoms with Gasteiger partial charge in [0.2, 0.25) is 0 Å². The molecule has 1 N–H and O–H groups in total. The smallest absolute Gasteiger partial charge is 0.0608 e. The topological polar surface area (TPSA) is 20.2 Å². The Morgan fingerprint density at radius 3 is 2.46 bits per heavy atom. The molecule has 0 spiro atoms. The zero-order chi connectivity index (χ0) is 9.26. The molecule has 1 unspecified atom stereocenters. The lowest BCUT2D eigenvalue weighted by Crippen LogP contribution is -2.12. The maximum absolute atomic E-state index is 9.68. The summed E-state index contributed by atoms with van der Waals surface area (Å²) in [4.78, 5) is 0. The number of benzene rings is 1. The molecule has 1 fully saturated rings. The maximum Gasteiger partial charge on any atom is 0.0608 e. The molecule has 0 saturated heterocycles. The van der Waals surface area contributed by atoms with E-state index in [2.05, 4.69) is 0 Å². The first-order chi connectivity index (χ1) is 6.25. The van der Waals surface area contributed by atoms with Crippen LogP contribution >= 0.6 is 11.6 Å². The van der Waals surface area contributed by atoms with Gasteiger partial charge in [-0.15, -0.1) is 0 Å². The van der Waals surface area contributed by atoms with Crippen molar-refractivity contribution < 1.29 is 5.11 Å². The molecule has 0 bridgehead atoms. The molecule has 70 valence electrons. The van der Waals surface area contributed by atoms with Crippen molar-refractivity contribution in [3.63, 3.8) is 0 Å². The van der Waals surface area contributed by atoms with Crippen LogP contribution in [0.25, 0.3) is 0 Å². The Morgan fingerprint density at radius 1 is 1.31 bits per heavy atom. The lowest BCUT2D eigenvalue weighted by atomic mass is 10.1. The summed E-state index contributed by atoms with van der Waals surface area (Å²) in [6.45, 7) is 0. The first kappa shape index (κ1) is 9.04. The highest BCUT2D eigenvalue weighted by molar-refractivity contribution is 6.30. The van der Waals surface area contributed by atoms with Gasteiger partial charge in [0.05, 0.1) is 6.10 Å². The molecule has 1 aliphatic rings. The largest absolute Gasteiger partial charge is 0.392 e. The van der Waals surface area contributed by atoms with Gasteiger partial charge in [0.1, 0.15) is 0 Å². The van der Waals surface area contributed by atoms with Crippen molar-refractivity contribution in [2.75, 3.05) is 0 Å². The van der Waals surface area contributed by atoms with E-state index in [-0.39, 0.29) is 6.10 Å². The van der Waals surface area contributed by atoms with E-state index in [0.29, 0.717) is 5.92 Å². The van der Waals surface area contributed by atoms with Gasteiger partial charge in [-0.05, 0) is 42.9 Å². The van der Waals surface area contributed by atoms with Crippen LogP contribution in [0.3, 0.4) is 0 Å². The normalized spacial score (nSPS) is 18.6. The molecule has 1 nitrogen and oxygen atoms in total. The van der Waals surface area contributed by atoms with E-state index in [0.717, 1.165) is 11.4 Å². The molecule has 1 aromatic carbocycles. The highest BCUT2D eigenvalue weighted by atomic mass is 35.5. The Kier molecular flexibility index (Phi) is 2.56. The molecule has 13 heavy (non-hydrogen) atoms. The minimum absolute atomic E-state index is 0.152. The van der Waals surface area contributed by atoms with E-state index < -0.39 is 0 Å². The second kappa shape index (κ2) is 3.69. The third-order valence-corrected chi connectivity index (χ3v) is 2.78. The molecular weight excluding hydrogens is 184 g/mol. The number of rotatable bonds is 3. The highest BCUT2D eigenvalue weighted by Gasteiger charge is 2.29. The van der Waals surface area contributed by atoms with Crippen molar-refractivity contribution in [1.29, 1.82) is 0 Å². The summed E-state index contributed by atoms with van der Waals surface area (Å²) in [6.07, 6.45) is 2.99. The van der Waals surface area contributed by atoms with Crippen LogP contribution in [0.5, 0.6) is 0 Å². The van der Waals surface area contributed by atoms with Crippen LogP contribution in [0.2, 0.25) is 5.02 Å². The van der Waals surface area contributed by atoms with Gasteiger partial charge < -0.3 is 5.11 Å². The van der Waals surface area contributed by atoms with Crippen LogP contribution < -0.4 is 0 Å². The van der Waals surface area contributed by atoms with Crippen molar-refractivity contribution in [2.24, 2.45) is 5.92 Å². The van der Waals surface area contributed by atoms with Crippen molar-refractivity contribution in [3.05, 3.63) is 34.9 Å². The van der Waals surface area contributed by atoms with Gasteiger partial charge in [0.15, 0.2) is 0 Å². The van der Waals surface area contributed by atoms with E-state index in [1.165, 1.54) is 18.4 Å². The third kappa shape index (κ3) is 2.45. The van der Waals surface area contributed by atoms with Crippen molar-refractivity contribution >= 4 is 11.6 Å². The van der Waals surface area contributed by atoms with Crippen molar-refractivity contribution in [1.82, 2.24) is 0 Å². The summed E-state index contributed by atoms with van der Waals surface area (Å²) in [7, 11) is 0. The van der Waals surface area contributed by atoms with Gasteiger partial charge in [0.25, 0.3) is 0 Å². The van der Waals surface area contributed by atoms with Crippen LogP contribution in [0, 0.1) is 5.92 Å². The highest BCUT2D eigenvalue weighted by Crippen LogP contribution is 2.33. The molecule has 0 radical (unpaired) electrons. The summed E-state index contributed by atoms with van der Waals surface area (Å²) in [5.41, 5.74) is 1.17. The Morgan fingerprint density at radius 2 is 1.92 bits per heavy atom. The first-order valence-corrected chi connectivity index (χ1v) is 5.06. The van der Waals surface area contributed by atoms with E-state index >= 15 is 0 Å². The van der Waals surface area contributed by atoms with Crippen LogP contribution in [-0.4, -0.2) is 11.2 Å². The van der Waals surface area contributed by atoms with Crippen molar-refractivity contribution in [3.8, 4) is 0 Å². The number of aliphatic hydroxyl groups excluding tert-OH is 1. The summed E-state index contributed by atoms with van der Waals surface area (Å²) in [5.74, 6) is 0.552. The van der Waals surface area contributed by atoms with Gasteiger partial charge in [0, 0.05) is 5.02 Å². The molecule has 1 aliphatic carbocycles. The molecule has 0 aliphatic heterocycles. The minimum atomic E-state index is -0.152. The molecular formula is C11H13ClO. The predicted molar refractivity (Wildman–Crippen MR) is 53.9 cm³/mol. The lowest BCUT2D eigenvalue weighted by molar-refractivity contribution is 0.151. The minimum Gasteiger partial charge on any atom is -0.392 e. The molecule has 0 aromatic heterocycles. The molecule has 2 heteroatoms. The monoisotopic (exact) mass is 196 g/mol. The Hall–Kier alpha value is -0.530. The fourth-order valence-corrected chi connectivity index (χ4v) is 1.64. The van der Waals surface area contributed by atoms with Crippen LogP contribution in [0.1, 0.15) is 18.4 Å². The average molecular weight is 197 g/mol. The average Bonchev–Trinajstić information content (AvgIpc) is 2.91. The fourth-order valence-electron chi connectivity index (χ4n) is 1.51. The molecule has 1 atom stereocenters. The predicted octanol–water partition coefficient (Wildman–Crippen LogP) is 2.65. The number of hydrogen-bond acceptors (Lipinski definition) is 1. The Labute approximate surface area is 83.3 Å². The van der Waals surface area contributed by atoms with Gasteiger partial charge in [-0.3, -0.25) is 0 Å². The van der Waals surface area contributed by atoms with Crippen LogP contribution in [0.4, 0.5) is 0 Å². The first-order valence-electron chi connectivity index (χ1n) is 4.68. The Bertz CT molecular complexity index is 277. The lowest BCUT2D eigenvalue weighted by Gasteiger charge is -2.08. The van der Waals surface area contributed by atoms with Crippen LogP contribution in [-0.2, 0) is 6.42 Å². The van der Waals surface area contributed by atoms with E-state index in [1.807, 2.05) is 24.3 Å². The zero-order valence-electron chi connectivity index (χ0n) is 7.41. The number of halogens is 1. The Balaban J connectivity index is 1.96.